The van der Waals surface area contributed by atoms with Gasteiger partial charge in [0.25, 0.3) is 10.0 Å². The minimum absolute atomic E-state index is 0.244. The molecular formula is C16H19NO3S. The molecule has 112 valence electrons. The molecule has 0 spiro atoms. The predicted octanol–water partition coefficient (Wildman–Crippen LogP) is 3.20. The van der Waals surface area contributed by atoms with Gasteiger partial charge in [0.05, 0.1) is 17.2 Å². The zero-order valence-corrected chi connectivity index (χ0v) is 13.0. The number of methoxy groups -OCH3 is 1. The molecule has 2 aromatic rings. The quantitative estimate of drug-likeness (QED) is 0.891. The van der Waals surface area contributed by atoms with E-state index in [1.54, 1.807) is 37.4 Å². The Balaban J connectivity index is 2.25. The summed E-state index contributed by atoms with van der Waals surface area (Å²) in [5, 5.41) is 0. The van der Waals surface area contributed by atoms with Crippen LogP contribution in [-0.2, 0) is 27.8 Å². The molecule has 0 fully saturated rings. The van der Waals surface area contributed by atoms with Crippen molar-refractivity contribution in [2.24, 2.45) is 0 Å². The first-order chi connectivity index (χ1) is 10.1. The lowest BCUT2D eigenvalue weighted by Gasteiger charge is -2.12. The van der Waals surface area contributed by atoms with E-state index in [2.05, 4.69) is 4.72 Å². The number of nitrogens with one attached hydrogen (secondary N) is 1. The molecule has 0 bridgehead atoms. The van der Waals surface area contributed by atoms with Crippen LogP contribution in [0.5, 0.6) is 0 Å². The van der Waals surface area contributed by atoms with Crippen molar-refractivity contribution in [1.82, 2.24) is 0 Å². The second kappa shape index (κ2) is 6.74. The highest BCUT2D eigenvalue weighted by Gasteiger charge is 2.15. The van der Waals surface area contributed by atoms with Crippen molar-refractivity contribution in [1.29, 1.82) is 0 Å². The fourth-order valence-corrected chi connectivity index (χ4v) is 3.16. The van der Waals surface area contributed by atoms with E-state index in [0.717, 1.165) is 17.5 Å². The lowest BCUT2D eigenvalue weighted by atomic mass is 10.1. The second-order valence-electron chi connectivity index (χ2n) is 4.69. The molecule has 0 aliphatic heterocycles. The lowest BCUT2D eigenvalue weighted by Crippen LogP contribution is -2.14. The minimum Gasteiger partial charge on any atom is -0.380 e. The summed E-state index contributed by atoms with van der Waals surface area (Å²) in [6, 6.07) is 14.1. The third-order valence-corrected chi connectivity index (χ3v) is 4.57. The first-order valence-corrected chi connectivity index (χ1v) is 8.23. The molecule has 0 aliphatic rings. The van der Waals surface area contributed by atoms with Gasteiger partial charge in [-0.25, -0.2) is 8.42 Å². The fourth-order valence-electron chi connectivity index (χ4n) is 2.06. The maximum Gasteiger partial charge on any atom is 0.261 e. The lowest BCUT2D eigenvalue weighted by molar-refractivity contribution is 0.185. The van der Waals surface area contributed by atoms with Crippen LogP contribution in [0.2, 0.25) is 0 Å². The molecule has 0 saturated carbocycles. The number of rotatable bonds is 6. The number of benzene rings is 2. The summed E-state index contributed by atoms with van der Waals surface area (Å²) in [5.74, 6) is 0. The van der Waals surface area contributed by atoms with Gasteiger partial charge in [-0.1, -0.05) is 37.3 Å². The summed E-state index contributed by atoms with van der Waals surface area (Å²) in [4.78, 5) is 0.244. The van der Waals surface area contributed by atoms with E-state index >= 15 is 0 Å². The molecule has 0 aliphatic carbocycles. The highest BCUT2D eigenvalue weighted by atomic mass is 32.2. The molecule has 0 unspecified atom stereocenters. The largest absolute Gasteiger partial charge is 0.380 e. The Hall–Kier alpha value is -1.85. The van der Waals surface area contributed by atoms with Crippen molar-refractivity contribution < 1.29 is 13.2 Å². The van der Waals surface area contributed by atoms with Crippen LogP contribution in [0.3, 0.4) is 0 Å². The first kappa shape index (κ1) is 15.5. The average Bonchev–Trinajstić information content (AvgIpc) is 2.48. The molecule has 0 amide bonds. The maximum absolute atomic E-state index is 12.4. The van der Waals surface area contributed by atoms with Crippen LogP contribution in [0.4, 0.5) is 5.69 Å². The van der Waals surface area contributed by atoms with Gasteiger partial charge in [-0.15, -0.1) is 0 Å². The van der Waals surface area contributed by atoms with Crippen LogP contribution in [0.1, 0.15) is 18.1 Å². The van der Waals surface area contributed by atoms with Crippen molar-refractivity contribution in [3.8, 4) is 0 Å². The maximum atomic E-state index is 12.4. The molecule has 0 heterocycles. The Kier molecular flexibility index (Phi) is 4.98. The fraction of sp³-hybridized carbons (Fsp3) is 0.250. The number of anilines is 1. The van der Waals surface area contributed by atoms with Crippen LogP contribution < -0.4 is 4.72 Å². The number of hydrogen-bond acceptors (Lipinski definition) is 3. The molecule has 0 aromatic heterocycles. The first-order valence-electron chi connectivity index (χ1n) is 6.75. The number of para-hydroxylation sites is 1. The van der Waals surface area contributed by atoms with Crippen LogP contribution in [0.25, 0.3) is 0 Å². The molecular weight excluding hydrogens is 286 g/mol. The van der Waals surface area contributed by atoms with E-state index < -0.39 is 10.0 Å². The molecule has 5 heteroatoms. The zero-order chi connectivity index (χ0) is 15.3. The summed E-state index contributed by atoms with van der Waals surface area (Å²) in [7, 11) is -1.96. The van der Waals surface area contributed by atoms with Gasteiger partial charge >= 0.3 is 0 Å². The molecule has 2 aromatic carbocycles. The van der Waals surface area contributed by atoms with E-state index in [0.29, 0.717) is 12.3 Å². The van der Waals surface area contributed by atoms with Gasteiger partial charge in [-0.3, -0.25) is 4.72 Å². The third-order valence-electron chi connectivity index (χ3n) is 3.19. The Morgan fingerprint density at radius 1 is 1.05 bits per heavy atom. The summed E-state index contributed by atoms with van der Waals surface area (Å²) in [5.41, 5.74) is 2.53. The number of hydrogen-bond donors (Lipinski definition) is 1. The van der Waals surface area contributed by atoms with Gasteiger partial charge in [0.15, 0.2) is 0 Å². The van der Waals surface area contributed by atoms with Gasteiger partial charge in [0.2, 0.25) is 0 Å². The Bertz CT molecular complexity index is 694. The normalized spacial score (nSPS) is 11.3. The van der Waals surface area contributed by atoms with E-state index in [1.165, 1.54) is 0 Å². The van der Waals surface area contributed by atoms with Crippen LogP contribution in [0.15, 0.2) is 53.4 Å². The highest BCUT2D eigenvalue weighted by molar-refractivity contribution is 7.92. The Morgan fingerprint density at radius 2 is 1.71 bits per heavy atom. The topological polar surface area (TPSA) is 55.4 Å². The van der Waals surface area contributed by atoms with Crippen molar-refractivity contribution in [3.05, 3.63) is 59.7 Å². The minimum atomic E-state index is -3.57. The number of sulfonamides is 1. The van der Waals surface area contributed by atoms with E-state index in [1.807, 2.05) is 25.1 Å². The summed E-state index contributed by atoms with van der Waals surface area (Å²) in [6.45, 7) is 2.46. The van der Waals surface area contributed by atoms with Crippen LogP contribution >= 0.6 is 0 Å². The van der Waals surface area contributed by atoms with Crippen molar-refractivity contribution >= 4 is 15.7 Å². The van der Waals surface area contributed by atoms with Crippen molar-refractivity contribution in [3.63, 3.8) is 0 Å². The SMILES string of the molecule is CCc1ccccc1NS(=O)(=O)c1ccc(COC)cc1. The Morgan fingerprint density at radius 3 is 2.33 bits per heavy atom. The summed E-state index contributed by atoms with van der Waals surface area (Å²) < 4.78 is 32.5. The predicted molar refractivity (Wildman–Crippen MR) is 83.8 cm³/mol. The van der Waals surface area contributed by atoms with E-state index in [4.69, 9.17) is 4.74 Å². The van der Waals surface area contributed by atoms with Gasteiger partial charge in [-0.05, 0) is 35.7 Å². The smallest absolute Gasteiger partial charge is 0.261 e. The van der Waals surface area contributed by atoms with Gasteiger partial charge < -0.3 is 4.74 Å². The standard InChI is InChI=1S/C16H19NO3S/c1-3-14-6-4-5-7-16(14)17-21(18,19)15-10-8-13(9-11-15)12-20-2/h4-11,17H,3,12H2,1-2H3. The monoisotopic (exact) mass is 305 g/mol. The third kappa shape index (κ3) is 3.83. The van der Waals surface area contributed by atoms with Crippen molar-refractivity contribution in [2.45, 2.75) is 24.8 Å². The van der Waals surface area contributed by atoms with E-state index in [9.17, 15) is 8.42 Å². The van der Waals surface area contributed by atoms with Gasteiger partial charge in [0, 0.05) is 7.11 Å². The molecule has 21 heavy (non-hydrogen) atoms. The summed E-state index contributed by atoms with van der Waals surface area (Å²) in [6.07, 6.45) is 0.769. The molecule has 2 rings (SSSR count). The second-order valence-corrected chi connectivity index (χ2v) is 6.38. The molecule has 0 saturated heterocycles. The number of aryl methyl sites for hydroxylation is 1. The van der Waals surface area contributed by atoms with Crippen LogP contribution in [0, 0.1) is 0 Å². The molecule has 1 N–H and O–H groups in total. The molecule has 4 nitrogen and oxygen atoms in total. The van der Waals surface area contributed by atoms with Crippen molar-refractivity contribution in [2.75, 3.05) is 11.8 Å². The van der Waals surface area contributed by atoms with Crippen LogP contribution in [-0.4, -0.2) is 15.5 Å². The Labute approximate surface area is 125 Å². The van der Waals surface area contributed by atoms with E-state index in [-0.39, 0.29) is 4.90 Å². The average molecular weight is 305 g/mol. The van der Waals surface area contributed by atoms with Gasteiger partial charge in [0.1, 0.15) is 0 Å². The molecule has 0 atom stereocenters. The highest BCUT2D eigenvalue weighted by Crippen LogP contribution is 2.20. The molecule has 0 radical (unpaired) electrons. The van der Waals surface area contributed by atoms with Gasteiger partial charge in [-0.2, -0.15) is 0 Å². The summed E-state index contributed by atoms with van der Waals surface area (Å²) >= 11 is 0. The zero-order valence-electron chi connectivity index (χ0n) is 12.2. The number of ether oxygens (including phenoxy) is 1.